The Labute approximate surface area is 125 Å². The molecule has 0 spiro atoms. The molecule has 106 valence electrons. The Kier molecular flexibility index (Phi) is 3.89. The molecule has 3 aromatic rings. The van der Waals surface area contributed by atoms with Gasteiger partial charge in [0.1, 0.15) is 11.5 Å². The van der Waals surface area contributed by atoms with Gasteiger partial charge in [-0.25, -0.2) is 0 Å². The Bertz CT molecular complexity index is 698. The largest absolute Gasteiger partial charge is 0.459 e. The molecule has 0 aliphatic heterocycles. The van der Waals surface area contributed by atoms with E-state index in [1.165, 1.54) is 11.1 Å². The van der Waals surface area contributed by atoms with E-state index in [0.717, 1.165) is 17.1 Å². The van der Waals surface area contributed by atoms with Crippen molar-refractivity contribution < 1.29 is 4.42 Å². The van der Waals surface area contributed by atoms with E-state index < -0.39 is 0 Å². The van der Waals surface area contributed by atoms with Crippen LogP contribution >= 0.6 is 0 Å². The lowest BCUT2D eigenvalue weighted by Gasteiger charge is -2.06. The highest BCUT2D eigenvalue weighted by Crippen LogP contribution is 2.27. The number of nitrogens with one attached hydrogen (secondary N) is 1. The second-order valence-electron chi connectivity index (χ2n) is 5.16. The van der Waals surface area contributed by atoms with E-state index in [2.05, 4.69) is 60.8 Å². The monoisotopic (exact) mass is 277 g/mol. The van der Waals surface area contributed by atoms with Gasteiger partial charge in [-0.2, -0.15) is 0 Å². The molecule has 0 radical (unpaired) electrons. The van der Waals surface area contributed by atoms with E-state index >= 15 is 0 Å². The summed E-state index contributed by atoms with van der Waals surface area (Å²) in [7, 11) is 1.93. The number of benzene rings is 2. The van der Waals surface area contributed by atoms with Crippen molar-refractivity contribution in [1.29, 1.82) is 0 Å². The van der Waals surface area contributed by atoms with Gasteiger partial charge in [-0.1, -0.05) is 54.6 Å². The molecule has 0 aliphatic rings. The normalized spacial score (nSPS) is 12.3. The van der Waals surface area contributed by atoms with Gasteiger partial charge in [0.2, 0.25) is 0 Å². The average Bonchev–Trinajstić information content (AvgIpc) is 3.05. The quantitative estimate of drug-likeness (QED) is 0.734. The molecule has 0 saturated carbocycles. The molecule has 1 unspecified atom stereocenters. The summed E-state index contributed by atoms with van der Waals surface area (Å²) in [6, 6.07) is 23.1. The fraction of sp³-hybridized carbons (Fsp3) is 0.158. The smallest absolute Gasteiger partial charge is 0.134 e. The van der Waals surface area contributed by atoms with Crippen LogP contribution in [-0.4, -0.2) is 7.05 Å². The second-order valence-corrected chi connectivity index (χ2v) is 5.16. The molecular weight excluding hydrogens is 258 g/mol. The lowest BCUT2D eigenvalue weighted by atomic mass is 10.0. The van der Waals surface area contributed by atoms with Crippen molar-refractivity contribution in [2.45, 2.75) is 13.0 Å². The third-order valence-electron chi connectivity index (χ3n) is 3.76. The van der Waals surface area contributed by atoms with Crippen molar-refractivity contribution in [1.82, 2.24) is 5.32 Å². The highest BCUT2D eigenvalue weighted by Gasteiger charge is 2.09. The molecule has 0 saturated heterocycles. The number of rotatable bonds is 4. The Hall–Kier alpha value is -2.32. The highest BCUT2D eigenvalue weighted by molar-refractivity contribution is 5.68. The summed E-state index contributed by atoms with van der Waals surface area (Å²) in [4.78, 5) is 0. The maximum absolute atomic E-state index is 5.91. The maximum Gasteiger partial charge on any atom is 0.134 e. The predicted octanol–water partition coefficient (Wildman–Crippen LogP) is 4.89. The predicted molar refractivity (Wildman–Crippen MR) is 87.1 cm³/mol. The van der Waals surface area contributed by atoms with Crippen molar-refractivity contribution in [2.24, 2.45) is 0 Å². The van der Waals surface area contributed by atoms with Crippen LogP contribution in [0.2, 0.25) is 0 Å². The summed E-state index contributed by atoms with van der Waals surface area (Å²) in [6.07, 6.45) is 0. The number of hydrogen-bond acceptors (Lipinski definition) is 2. The summed E-state index contributed by atoms with van der Waals surface area (Å²) in [5, 5.41) is 3.18. The zero-order valence-corrected chi connectivity index (χ0v) is 12.3. The summed E-state index contributed by atoms with van der Waals surface area (Å²) in [6.45, 7) is 2.08. The Balaban J connectivity index is 1.86. The molecule has 0 fully saturated rings. The first-order valence-corrected chi connectivity index (χ1v) is 7.21. The SMILES string of the molecule is CNC(C)c1ccc(-c2ccc(-c3ccccc3)cc2)o1. The molecular formula is C19H19NO. The standard InChI is InChI=1S/C19H19NO/c1-14(20-2)18-12-13-19(21-18)17-10-8-16(9-11-17)15-6-4-3-5-7-15/h3-14,20H,1-2H3. The van der Waals surface area contributed by atoms with Crippen LogP contribution in [0.3, 0.4) is 0 Å². The van der Waals surface area contributed by atoms with E-state index in [0.29, 0.717) is 0 Å². The molecule has 2 aromatic carbocycles. The van der Waals surface area contributed by atoms with Crippen LogP contribution in [-0.2, 0) is 0 Å². The van der Waals surface area contributed by atoms with Crippen LogP contribution in [0.4, 0.5) is 0 Å². The van der Waals surface area contributed by atoms with Gasteiger partial charge in [-0.3, -0.25) is 0 Å². The van der Waals surface area contributed by atoms with Crippen LogP contribution < -0.4 is 5.32 Å². The summed E-state index contributed by atoms with van der Waals surface area (Å²) < 4.78 is 5.91. The molecule has 1 heterocycles. The molecule has 21 heavy (non-hydrogen) atoms. The van der Waals surface area contributed by atoms with Crippen molar-refractivity contribution in [3.63, 3.8) is 0 Å². The zero-order chi connectivity index (χ0) is 14.7. The van der Waals surface area contributed by atoms with E-state index in [9.17, 15) is 0 Å². The lowest BCUT2D eigenvalue weighted by Crippen LogP contribution is -2.10. The molecule has 1 aromatic heterocycles. The first-order chi connectivity index (χ1) is 10.3. The van der Waals surface area contributed by atoms with Gasteiger partial charge >= 0.3 is 0 Å². The molecule has 0 aliphatic carbocycles. The first-order valence-electron chi connectivity index (χ1n) is 7.21. The Morgan fingerprint density at radius 2 is 1.38 bits per heavy atom. The van der Waals surface area contributed by atoms with Crippen LogP contribution in [0.25, 0.3) is 22.5 Å². The molecule has 2 heteroatoms. The van der Waals surface area contributed by atoms with Gasteiger partial charge in [0.25, 0.3) is 0 Å². The molecule has 0 amide bonds. The second kappa shape index (κ2) is 5.98. The minimum Gasteiger partial charge on any atom is -0.459 e. The van der Waals surface area contributed by atoms with Crippen molar-refractivity contribution >= 4 is 0 Å². The fourth-order valence-electron chi connectivity index (χ4n) is 2.34. The molecule has 1 atom stereocenters. The summed E-state index contributed by atoms with van der Waals surface area (Å²) >= 11 is 0. The summed E-state index contributed by atoms with van der Waals surface area (Å²) in [5.74, 6) is 1.87. The van der Waals surface area contributed by atoms with E-state index in [-0.39, 0.29) is 6.04 Å². The number of furan rings is 1. The van der Waals surface area contributed by atoms with E-state index in [1.807, 2.05) is 25.2 Å². The van der Waals surface area contributed by atoms with Crippen LogP contribution in [0, 0.1) is 0 Å². The molecule has 1 N–H and O–H groups in total. The van der Waals surface area contributed by atoms with Gasteiger partial charge in [0.05, 0.1) is 6.04 Å². The molecule has 2 nitrogen and oxygen atoms in total. The van der Waals surface area contributed by atoms with Crippen molar-refractivity contribution in [3.05, 3.63) is 72.5 Å². The first kappa shape index (κ1) is 13.7. The maximum atomic E-state index is 5.91. The van der Waals surface area contributed by atoms with Gasteiger partial charge in [-0.05, 0) is 37.2 Å². The van der Waals surface area contributed by atoms with Crippen LogP contribution in [0.1, 0.15) is 18.7 Å². The lowest BCUT2D eigenvalue weighted by molar-refractivity contribution is 0.458. The van der Waals surface area contributed by atoms with Crippen LogP contribution in [0.15, 0.2) is 71.1 Å². The third kappa shape index (κ3) is 2.91. The van der Waals surface area contributed by atoms with Gasteiger partial charge in [-0.15, -0.1) is 0 Å². The zero-order valence-electron chi connectivity index (χ0n) is 12.3. The minimum absolute atomic E-state index is 0.224. The van der Waals surface area contributed by atoms with Gasteiger partial charge < -0.3 is 9.73 Å². The topological polar surface area (TPSA) is 25.2 Å². The van der Waals surface area contributed by atoms with Crippen molar-refractivity contribution in [3.8, 4) is 22.5 Å². The molecule has 3 rings (SSSR count). The average molecular weight is 277 g/mol. The van der Waals surface area contributed by atoms with E-state index in [4.69, 9.17) is 4.42 Å². The van der Waals surface area contributed by atoms with Crippen molar-refractivity contribution in [2.75, 3.05) is 7.05 Å². The highest BCUT2D eigenvalue weighted by atomic mass is 16.3. The van der Waals surface area contributed by atoms with E-state index in [1.54, 1.807) is 0 Å². The van der Waals surface area contributed by atoms with Gasteiger partial charge in [0, 0.05) is 5.56 Å². The Morgan fingerprint density at radius 1 is 0.762 bits per heavy atom. The van der Waals surface area contributed by atoms with Crippen LogP contribution in [0.5, 0.6) is 0 Å². The summed E-state index contributed by atoms with van der Waals surface area (Å²) in [5.41, 5.74) is 3.55. The Morgan fingerprint density at radius 3 is 2.05 bits per heavy atom. The van der Waals surface area contributed by atoms with Gasteiger partial charge in [0.15, 0.2) is 0 Å². The molecule has 0 bridgehead atoms. The third-order valence-corrected chi connectivity index (χ3v) is 3.76. The fourth-order valence-corrected chi connectivity index (χ4v) is 2.34. The minimum atomic E-state index is 0.224. The number of hydrogen-bond donors (Lipinski definition) is 1.